The van der Waals surface area contributed by atoms with Crippen LogP contribution in [0.3, 0.4) is 0 Å². The fraction of sp³-hybridized carbons (Fsp3) is 0.333. The van der Waals surface area contributed by atoms with Gasteiger partial charge in [0.1, 0.15) is 0 Å². The molecule has 2 aromatic carbocycles. The van der Waals surface area contributed by atoms with Crippen molar-refractivity contribution in [2.45, 2.75) is 35.0 Å². The Morgan fingerprint density at radius 2 is 1.23 bits per heavy atom. The Balaban J connectivity index is 2.38. The number of hydrogen-bond acceptors (Lipinski definition) is 2. The SMILES string of the molecule is CC([O][SnH]([O][SnH2][c]1ccccc1)[C](F)(F)C(F)(F)C(F)(F)C(F)(F)F)c1ccccc1. The maximum atomic E-state index is 14.6. The molecule has 13 heteroatoms. The molecule has 2 atom stereocenters. The first-order valence-electron chi connectivity index (χ1n) is 8.78. The fourth-order valence-corrected chi connectivity index (χ4v) is 21.1. The van der Waals surface area contributed by atoms with Crippen molar-refractivity contribution in [3.05, 3.63) is 66.2 Å². The van der Waals surface area contributed by atoms with Crippen LogP contribution < -0.4 is 3.58 Å². The molecule has 0 radical (unpaired) electrons. The summed E-state index contributed by atoms with van der Waals surface area (Å²) in [6.45, 7) is 1.21. The van der Waals surface area contributed by atoms with Gasteiger partial charge in [0.15, 0.2) is 0 Å². The maximum absolute atomic E-state index is 14.6. The van der Waals surface area contributed by atoms with Crippen LogP contribution in [-0.2, 0) is 4.49 Å². The first kappa shape index (κ1) is 26.6. The quantitative estimate of drug-likeness (QED) is 0.290. The molecule has 31 heavy (non-hydrogen) atoms. The van der Waals surface area contributed by atoms with Crippen molar-refractivity contribution in [3.63, 3.8) is 0 Å². The first-order chi connectivity index (χ1) is 14.2. The molecule has 0 N–H and O–H groups in total. The van der Waals surface area contributed by atoms with Gasteiger partial charge in [0.05, 0.1) is 0 Å². The van der Waals surface area contributed by atoms with Crippen LogP contribution in [0.1, 0.15) is 18.6 Å². The number of halogens is 9. The van der Waals surface area contributed by atoms with E-state index < -0.39 is 70.2 Å². The molecular formula is C18H17F9O2Sn2. The summed E-state index contributed by atoms with van der Waals surface area (Å²) in [6, 6.07) is 15.0. The van der Waals surface area contributed by atoms with E-state index in [1.54, 1.807) is 12.1 Å². The van der Waals surface area contributed by atoms with Gasteiger partial charge in [0.25, 0.3) is 0 Å². The molecule has 0 aromatic heterocycles. The summed E-state index contributed by atoms with van der Waals surface area (Å²) < 4.78 is 126. The fourth-order valence-electron chi connectivity index (χ4n) is 2.50. The molecule has 2 unspecified atom stereocenters. The van der Waals surface area contributed by atoms with E-state index in [0.717, 1.165) is 0 Å². The van der Waals surface area contributed by atoms with E-state index in [4.69, 9.17) is 4.49 Å². The van der Waals surface area contributed by atoms with Gasteiger partial charge < -0.3 is 0 Å². The zero-order valence-corrected chi connectivity index (χ0v) is 23.2. The predicted octanol–water partition coefficient (Wildman–Crippen LogP) is 4.42. The van der Waals surface area contributed by atoms with Gasteiger partial charge in [0.2, 0.25) is 0 Å². The van der Waals surface area contributed by atoms with Crippen LogP contribution in [-0.4, -0.2) is 64.1 Å². The summed E-state index contributed by atoms with van der Waals surface area (Å²) >= 11 is -8.93. The summed E-state index contributed by atoms with van der Waals surface area (Å²) in [7, 11) is 0. The van der Waals surface area contributed by atoms with Gasteiger partial charge in [-0.05, 0) is 0 Å². The summed E-state index contributed by atoms with van der Waals surface area (Å²) in [4.78, 5) is 0. The second kappa shape index (κ2) is 10.1. The minimum atomic E-state index is -6.97. The van der Waals surface area contributed by atoms with E-state index >= 15 is 0 Å². The normalized spacial score (nSPS) is 15.9. The van der Waals surface area contributed by atoms with Gasteiger partial charge in [-0.1, -0.05) is 0 Å². The molecule has 0 bridgehead atoms. The molecule has 0 spiro atoms. The molecule has 2 aromatic rings. The standard InChI is InChI=1S/C8H9O.C6H5.C4F9.O.2Sn.3H/c1-7(9)8-5-3-2-4-6-8;1-2-4-6-5-3-1;5-1(6)2(7,8)3(9,10)4(11,12)13;;;;;;/h2-7H,1H3;1-5H;;;;;;;/q-1;;;;;+1;;;. The van der Waals surface area contributed by atoms with Gasteiger partial charge in [0, 0.05) is 0 Å². The first-order valence-corrected chi connectivity index (χ1v) is 16.8. The van der Waals surface area contributed by atoms with E-state index in [1.165, 1.54) is 55.5 Å². The number of rotatable bonds is 9. The molecule has 2 rings (SSSR count). The third-order valence-electron chi connectivity index (χ3n) is 4.31. The van der Waals surface area contributed by atoms with Gasteiger partial charge in [-0.25, -0.2) is 0 Å². The van der Waals surface area contributed by atoms with Crippen LogP contribution >= 0.6 is 0 Å². The Bertz CT molecular complexity index is 833. The molecule has 0 aliphatic rings. The Labute approximate surface area is 190 Å². The molecule has 2 nitrogen and oxygen atoms in total. The van der Waals surface area contributed by atoms with Crippen molar-refractivity contribution < 1.29 is 44.0 Å². The van der Waals surface area contributed by atoms with Gasteiger partial charge in [-0.3, -0.25) is 0 Å². The third kappa shape index (κ3) is 5.82. The Hall–Kier alpha value is -0.673. The van der Waals surface area contributed by atoms with Crippen LogP contribution in [0.2, 0.25) is 0 Å². The Morgan fingerprint density at radius 3 is 1.71 bits per heavy atom. The van der Waals surface area contributed by atoms with E-state index in [9.17, 15) is 39.5 Å². The monoisotopic (exact) mass is 676 g/mol. The summed E-state index contributed by atoms with van der Waals surface area (Å²) in [5.41, 5.74) is 0.254. The van der Waals surface area contributed by atoms with Gasteiger partial charge in [-0.15, -0.1) is 0 Å². The zero-order valence-electron chi connectivity index (χ0n) is 15.9. The molecule has 0 saturated carbocycles. The minimum absolute atomic E-state index is 0.254. The summed E-state index contributed by atoms with van der Waals surface area (Å²) in [5, 5.41) is 0. The predicted molar refractivity (Wildman–Crippen MR) is 99.7 cm³/mol. The molecule has 172 valence electrons. The zero-order chi connectivity index (χ0) is 23.5. The molecule has 0 aliphatic carbocycles. The Morgan fingerprint density at radius 1 is 0.742 bits per heavy atom. The van der Waals surface area contributed by atoms with E-state index in [-0.39, 0.29) is 5.56 Å². The van der Waals surface area contributed by atoms with Crippen molar-refractivity contribution in [2.24, 2.45) is 0 Å². The second-order valence-electron chi connectivity index (χ2n) is 6.59. The third-order valence-corrected chi connectivity index (χ3v) is 21.5. The summed E-state index contributed by atoms with van der Waals surface area (Å²) in [5.74, 6) is -13.7. The van der Waals surface area contributed by atoms with Crippen molar-refractivity contribution in [2.75, 3.05) is 0 Å². The van der Waals surface area contributed by atoms with Crippen molar-refractivity contribution in [3.8, 4) is 0 Å². The average molecular weight is 674 g/mol. The molecule has 0 saturated heterocycles. The van der Waals surface area contributed by atoms with E-state index in [0.29, 0.717) is 3.58 Å². The summed E-state index contributed by atoms with van der Waals surface area (Å²) in [6.07, 6.45) is -8.16. The van der Waals surface area contributed by atoms with E-state index in [2.05, 4.69) is 0 Å². The molecular weight excluding hydrogens is 657 g/mol. The Kier molecular flexibility index (Phi) is 8.64. The molecule has 0 heterocycles. The van der Waals surface area contributed by atoms with Gasteiger partial charge >= 0.3 is 191 Å². The topological polar surface area (TPSA) is 18.5 Å². The van der Waals surface area contributed by atoms with Gasteiger partial charge in [-0.2, -0.15) is 0 Å². The van der Waals surface area contributed by atoms with Crippen LogP contribution in [0.15, 0.2) is 60.7 Å². The molecule has 0 aliphatic heterocycles. The molecule has 0 amide bonds. The van der Waals surface area contributed by atoms with E-state index in [1.807, 2.05) is 0 Å². The van der Waals surface area contributed by atoms with Crippen LogP contribution in [0, 0.1) is 0 Å². The van der Waals surface area contributed by atoms with Crippen LogP contribution in [0.4, 0.5) is 39.5 Å². The van der Waals surface area contributed by atoms with Crippen molar-refractivity contribution in [1.29, 1.82) is 0 Å². The molecule has 0 fully saturated rings. The van der Waals surface area contributed by atoms with Crippen LogP contribution in [0.5, 0.6) is 0 Å². The van der Waals surface area contributed by atoms with Crippen molar-refractivity contribution in [1.82, 2.24) is 0 Å². The average Bonchev–Trinajstić information content (AvgIpc) is 2.71. The number of hydrogen-bond donors (Lipinski definition) is 0. The number of benzene rings is 2. The van der Waals surface area contributed by atoms with Crippen LogP contribution in [0.25, 0.3) is 0 Å². The second-order valence-corrected chi connectivity index (χ2v) is 21.8. The number of alkyl halides is 9. The van der Waals surface area contributed by atoms with Crippen molar-refractivity contribution >= 4 is 45.7 Å².